The molecule has 3 aromatic rings. The van der Waals surface area contributed by atoms with Crippen molar-refractivity contribution in [1.29, 1.82) is 0 Å². The van der Waals surface area contributed by atoms with Crippen LogP contribution in [0.5, 0.6) is 0 Å². The number of benzene rings is 3. The molecule has 0 fully saturated rings. The average Bonchev–Trinajstić information content (AvgIpc) is 2.66. The molecule has 3 aromatic carbocycles. The van der Waals surface area contributed by atoms with Crippen LogP contribution in [0.25, 0.3) is 0 Å². The SMILES string of the molecule is Cl[CH2][GeH]([c]1ccccc1)[c]1cc[c]([GeH]([CH2]Cl)[c]2ccccc2)cc1. The quantitative estimate of drug-likeness (QED) is 0.377. The minimum atomic E-state index is -1.85. The van der Waals surface area contributed by atoms with Gasteiger partial charge in [-0.25, -0.2) is 0 Å². The Morgan fingerprint density at radius 2 is 0.750 bits per heavy atom. The second-order valence-electron chi connectivity index (χ2n) is 5.90. The summed E-state index contributed by atoms with van der Waals surface area (Å²) in [6, 6.07) is 30.7. The molecule has 0 heterocycles. The van der Waals surface area contributed by atoms with E-state index in [4.69, 9.17) is 23.2 Å². The fourth-order valence-electron chi connectivity index (χ4n) is 3.07. The first kappa shape index (κ1) is 18.1. The third kappa shape index (κ3) is 4.29. The summed E-state index contributed by atoms with van der Waals surface area (Å²) in [5.74, 6) is 0. The van der Waals surface area contributed by atoms with Gasteiger partial charge in [-0.05, 0) is 0 Å². The van der Waals surface area contributed by atoms with Gasteiger partial charge in [0.1, 0.15) is 0 Å². The second kappa shape index (κ2) is 9.14. The molecule has 2 atom stereocenters. The van der Waals surface area contributed by atoms with Gasteiger partial charge in [-0.2, -0.15) is 0 Å². The van der Waals surface area contributed by atoms with E-state index in [0.717, 1.165) is 9.42 Å². The molecular formula is C20H20Cl2Ge2. The van der Waals surface area contributed by atoms with Crippen LogP contribution < -0.4 is 17.6 Å². The predicted octanol–water partition coefficient (Wildman–Crippen LogP) is 1.93. The van der Waals surface area contributed by atoms with Crippen LogP contribution in [0.4, 0.5) is 0 Å². The average molecular weight is 477 g/mol. The molecule has 0 aliphatic heterocycles. The Bertz CT molecular complexity index is 679. The van der Waals surface area contributed by atoms with Gasteiger partial charge in [0.15, 0.2) is 0 Å². The van der Waals surface area contributed by atoms with Crippen molar-refractivity contribution in [2.75, 3.05) is 9.42 Å². The van der Waals surface area contributed by atoms with Crippen LogP contribution >= 0.6 is 23.2 Å². The molecule has 0 nitrogen and oxygen atoms in total. The summed E-state index contributed by atoms with van der Waals surface area (Å²) in [5, 5.41) is 0. The molecule has 0 amide bonds. The summed E-state index contributed by atoms with van der Waals surface area (Å²) in [6.07, 6.45) is 0. The van der Waals surface area contributed by atoms with Gasteiger partial charge in [0.05, 0.1) is 0 Å². The number of hydrogen-bond acceptors (Lipinski definition) is 0. The molecule has 122 valence electrons. The van der Waals surface area contributed by atoms with Gasteiger partial charge in [0.2, 0.25) is 0 Å². The van der Waals surface area contributed by atoms with Gasteiger partial charge in [0, 0.05) is 0 Å². The Kier molecular flexibility index (Phi) is 6.91. The van der Waals surface area contributed by atoms with Gasteiger partial charge in [0.25, 0.3) is 0 Å². The minimum absolute atomic E-state index is 0.773. The van der Waals surface area contributed by atoms with Crippen molar-refractivity contribution in [3.05, 3.63) is 84.9 Å². The normalized spacial score (nSPS) is 13.4. The van der Waals surface area contributed by atoms with E-state index in [9.17, 15) is 0 Å². The fourth-order valence-corrected chi connectivity index (χ4v) is 15.5. The summed E-state index contributed by atoms with van der Waals surface area (Å²) in [6.45, 7) is 0. The first-order valence-electron chi connectivity index (χ1n) is 8.15. The summed E-state index contributed by atoms with van der Waals surface area (Å²) < 4.78 is 7.36. The van der Waals surface area contributed by atoms with Crippen molar-refractivity contribution in [3.8, 4) is 0 Å². The van der Waals surface area contributed by atoms with Crippen molar-refractivity contribution >= 4 is 69.5 Å². The van der Waals surface area contributed by atoms with E-state index >= 15 is 0 Å². The predicted molar refractivity (Wildman–Crippen MR) is 114 cm³/mol. The topological polar surface area (TPSA) is 0 Å². The maximum absolute atomic E-state index is 6.34. The third-order valence-electron chi connectivity index (χ3n) is 4.45. The van der Waals surface area contributed by atoms with Gasteiger partial charge < -0.3 is 0 Å². The summed E-state index contributed by atoms with van der Waals surface area (Å²) in [4.78, 5) is 0. The molecule has 0 aliphatic rings. The van der Waals surface area contributed by atoms with Crippen LogP contribution in [0.1, 0.15) is 0 Å². The van der Waals surface area contributed by atoms with Gasteiger partial charge in [-0.1, -0.05) is 0 Å². The van der Waals surface area contributed by atoms with E-state index in [0.29, 0.717) is 0 Å². The molecule has 3 rings (SSSR count). The Labute approximate surface area is 163 Å². The Morgan fingerprint density at radius 3 is 1.04 bits per heavy atom. The zero-order chi connectivity index (χ0) is 16.8. The van der Waals surface area contributed by atoms with Gasteiger partial charge in [-0.15, -0.1) is 0 Å². The van der Waals surface area contributed by atoms with Crippen molar-refractivity contribution < 1.29 is 0 Å². The number of halogens is 2. The van der Waals surface area contributed by atoms with Crippen molar-refractivity contribution in [1.82, 2.24) is 0 Å². The molecule has 0 radical (unpaired) electrons. The maximum atomic E-state index is 6.34. The van der Waals surface area contributed by atoms with Crippen LogP contribution in [-0.2, 0) is 0 Å². The molecule has 0 aliphatic carbocycles. The Balaban J connectivity index is 1.87. The molecule has 2 unspecified atom stereocenters. The molecule has 24 heavy (non-hydrogen) atoms. The van der Waals surface area contributed by atoms with Gasteiger partial charge in [-0.3, -0.25) is 0 Å². The van der Waals surface area contributed by atoms with E-state index in [1.807, 2.05) is 0 Å². The van der Waals surface area contributed by atoms with Crippen molar-refractivity contribution in [2.24, 2.45) is 0 Å². The van der Waals surface area contributed by atoms with E-state index in [2.05, 4.69) is 84.9 Å². The van der Waals surface area contributed by atoms with E-state index in [1.165, 1.54) is 17.6 Å². The summed E-state index contributed by atoms with van der Waals surface area (Å²) in [5.41, 5.74) is 0. The Morgan fingerprint density at radius 1 is 0.458 bits per heavy atom. The van der Waals surface area contributed by atoms with Crippen molar-refractivity contribution in [3.63, 3.8) is 0 Å². The summed E-state index contributed by atoms with van der Waals surface area (Å²) in [7, 11) is 0. The van der Waals surface area contributed by atoms with Crippen LogP contribution in [0, 0.1) is 0 Å². The fraction of sp³-hybridized carbons (Fsp3) is 0.100. The molecule has 0 bridgehead atoms. The number of alkyl halides is 2. The first-order chi connectivity index (χ1) is 11.8. The standard InChI is InChI=1S/C20H20Cl2Ge2/c21-15-23(17-7-3-1-4-8-17)19-11-13-20(14-12-19)24(16-22)18-9-5-2-6-10-18/h1-14,23-24H,15-16H2. The van der Waals surface area contributed by atoms with Crippen LogP contribution in [0.15, 0.2) is 84.9 Å². The van der Waals surface area contributed by atoms with E-state index in [-0.39, 0.29) is 0 Å². The van der Waals surface area contributed by atoms with Crippen molar-refractivity contribution in [2.45, 2.75) is 0 Å². The van der Waals surface area contributed by atoms with E-state index < -0.39 is 28.7 Å². The Hall–Kier alpha value is -0.674. The molecule has 0 saturated heterocycles. The van der Waals surface area contributed by atoms with E-state index in [1.54, 1.807) is 0 Å². The molecular weight excluding hydrogens is 456 g/mol. The monoisotopic (exact) mass is 478 g/mol. The molecule has 4 heteroatoms. The summed E-state index contributed by atoms with van der Waals surface area (Å²) >= 11 is 8.97. The second-order valence-corrected chi connectivity index (χ2v) is 20.6. The van der Waals surface area contributed by atoms with Crippen LogP contribution in [-0.4, -0.2) is 38.1 Å². The zero-order valence-corrected chi connectivity index (χ0v) is 19.8. The number of rotatable bonds is 6. The zero-order valence-electron chi connectivity index (χ0n) is 13.4. The number of hydrogen-bond donors (Lipinski definition) is 0. The molecule has 0 saturated carbocycles. The van der Waals surface area contributed by atoms with Gasteiger partial charge >= 0.3 is 164 Å². The molecule has 0 spiro atoms. The molecule has 0 N–H and O–H groups in total. The molecule has 0 aromatic heterocycles. The van der Waals surface area contributed by atoms with Crippen LogP contribution in [0.2, 0.25) is 0 Å². The first-order valence-corrected chi connectivity index (χ1v) is 17.5. The third-order valence-corrected chi connectivity index (χ3v) is 18.9. The van der Waals surface area contributed by atoms with Crippen LogP contribution in [0.3, 0.4) is 0 Å².